The average molecular weight is 408 g/mol. The van der Waals surface area contributed by atoms with Crippen molar-refractivity contribution in [1.82, 2.24) is 4.90 Å². The molecule has 0 bridgehead atoms. The van der Waals surface area contributed by atoms with Crippen LogP contribution in [0.2, 0.25) is 0 Å². The lowest BCUT2D eigenvalue weighted by Gasteiger charge is -2.32. The van der Waals surface area contributed by atoms with Crippen molar-refractivity contribution in [3.05, 3.63) is 33.8 Å². The van der Waals surface area contributed by atoms with Crippen molar-refractivity contribution in [2.45, 2.75) is 83.3 Å². The third-order valence-corrected chi connectivity index (χ3v) is 5.83. The molecular formula is C21H30BrNO2. The van der Waals surface area contributed by atoms with Crippen molar-refractivity contribution in [2.75, 3.05) is 6.54 Å². The smallest absolute Gasteiger partial charge is 0.410 e. The van der Waals surface area contributed by atoms with Crippen LogP contribution in [-0.2, 0) is 4.74 Å². The Morgan fingerprint density at radius 3 is 2.48 bits per heavy atom. The van der Waals surface area contributed by atoms with Crippen molar-refractivity contribution >= 4 is 22.0 Å². The highest BCUT2D eigenvalue weighted by Crippen LogP contribution is 2.42. The highest BCUT2D eigenvalue weighted by molar-refractivity contribution is 9.10. The number of carbonyl (C=O) groups is 1. The highest BCUT2D eigenvalue weighted by Gasteiger charge is 2.35. The molecule has 0 spiro atoms. The first-order valence-electron chi connectivity index (χ1n) is 9.64. The lowest BCUT2D eigenvalue weighted by Crippen LogP contribution is -2.36. The van der Waals surface area contributed by atoms with E-state index in [1.165, 1.54) is 43.2 Å². The van der Waals surface area contributed by atoms with Crippen LogP contribution in [-0.4, -0.2) is 23.1 Å². The Balaban J connectivity index is 1.88. The van der Waals surface area contributed by atoms with E-state index in [1.54, 1.807) is 0 Å². The predicted molar refractivity (Wildman–Crippen MR) is 105 cm³/mol. The SMILES string of the molecule is CC(C)(C)OC(=O)N1CCC[C@H]1c1cc(Br)ccc1C1CCCCC1. The number of carbonyl (C=O) groups excluding carboxylic acids is 1. The van der Waals surface area contributed by atoms with Gasteiger partial charge in [-0.15, -0.1) is 0 Å². The molecule has 1 aromatic rings. The van der Waals surface area contributed by atoms with Crippen molar-refractivity contribution in [2.24, 2.45) is 0 Å². The molecular weight excluding hydrogens is 378 g/mol. The van der Waals surface area contributed by atoms with E-state index in [2.05, 4.69) is 34.1 Å². The molecule has 4 heteroatoms. The maximum atomic E-state index is 12.7. The Morgan fingerprint density at radius 1 is 1.08 bits per heavy atom. The van der Waals surface area contributed by atoms with Crippen LogP contribution < -0.4 is 0 Å². The topological polar surface area (TPSA) is 29.5 Å². The number of benzene rings is 1. The van der Waals surface area contributed by atoms with E-state index >= 15 is 0 Å². The fraction of sp³-hybridized carbons (Fsp3) is 0.667. The molecule has 0 unspecified atom stereocenters. The number of amides is 1. The lowest BCUT2D eigenvalue weighted by atomic mass is 9.80. The Kier molecular flexibility index (Phi) is 5.77. The molecule has 1 saturated carbocycles. The summed E-state index contributed by atoms with van der Waals surface area (Å²) in [4.78, 5) is 14.7. The number of hydrogen-bond acceptors (Lipinski definition) is 2. The zero-order valence-electron chi connectivity index (χ0n) is 15.7. The van der Waals surface area contributed by atoms with E-state index in [0.29, 0.717) is 5.92 Å². The number of nitrogens with zero attached hydrogens (tertiary/aromatic N) is 1. The van der Waals surface area contributed by atoms with Gasteiger partial charge in [-0.1, -0.05) is 41.3 Å². The summed E-state index contributed by atoms with van der Waals surface area (Å²) < 4.78 is 6.76. The van der Waals surface area contributed by atoms with Crippen LogP contribution in [0.25, 0.3) is 0 Å². The Labute approximate surface area is 160 Å². The molecule has 2 fully saturated rings. The maximum Gasteiger partial charge on any atom is 0.410 e. The third kappa shape index (κ3) is 4.58. The van der Waals surface area contributed by atoms with Gasteiger partial charge in [-0.25, -0.2) is 4.79 Å². The van der Waals surface area contributed by atoms with Crippen LogP contribution in [0.4, 0.5) is 4.79 Å². The normalized spacial score (nSPS) is 22.2. The maximum absolute atomic E-state index is 12.7. The van der Waals surface area contributed by atoms with Gasteiger partial charge < -0.3 is 9.64 Å². The molecule has 1 atom stereocenters. The highest BCUT2D eigenvalue weighted by atomic mass is 79.9. The van der Waals surface area contributed by atoms with E-state index in [9.17, 15) is 4.79 Å². The van der Waals surface area contributed by atoms with Gasteiger partial charge in [0.25, 0.3) is 0 Å². The zero-order valence-corrected chi connectivity index (χ0v) is 17.3. The molecule has 25 heavy (non-hydrogen) atoms. The summed E-state index contributed by atoms with van der Waals surface area (Å²) in [5.74, 6) is 0.637. The Morgan fingerprint density at radius 2 is 1.80 bits per heavy atom. The van der Waals surface area contributed by atoms with Crippen molar-refractivity contribution in [3.63, 3.8) is 0 Å². The molecule has 1 aliphatic carbocycles. The molecule has 1 aliphatic heterocycles. The molecule has 2 aliphatic rings. The second kappa shape index (κ2) is 7.69. The molecule has 3 nitrogen and oxygen atoms in total. The summed E-state index contributed by atoms with van der Waals surface area (Å²) in [6, 6.07) is 6.81. The van der Waals surface area contributed by atoms with Gasteiger partial charge in [-0.05, 0) is 75.6 Å². The predicted octanol–water partition coefficient (Wildman–Crippen LogP) is 6.57. The van der Waals surface area contributed by atoms with Crippen LogP contribution in [0.1, 0.15) is 88.8 Å². The summed E-state index contributed by atoms with van der Waals surface area (Å²) in [5.41, 5.74) is 2.32. The van der Waals surface area contributed by atoms with Crippen molar-refractivity contribution in [3.8, 4) is 0 Å². The second-order valence-corrected chi connectivity index (χ2v) is 9.36. The van der Waals surface area contributed by atoms with Crippen LogP contribution >= 0.6 is 15.9 Å². The first kappa shape index (κ1) is 18.8. The first-order valence-corrected chi connectivity index (χ1v) is 10.4. The van der Waals surface area contributed by atoms with Gasteiger partial charge >= 0.3 is 6.09 Å². The van der Waals surface area contributed by atoms with E-state index in [4.69, 9.17) is 4.74 Å². The van der Waals surface area contributed by atoms with Gasteiger partial charge in [0.15, 0.2) is 0 Å². The number of ether oxygens (including phenoxy) is 1. The summed E-state index contributed by atoms with van der Waals surface area (Å²) in [6.07, 6.45) is 8.43. The minimum absolute atomic E-state index is 0.143. The van der Waals surface area contributed by atoms with Gasteiger partial charge in [0.1, 0.15) is 5.60 Å². The van der Waals surface area contributed by atoms with Crippen LogP contribution in [0.5, 0.6) is 0 Å². The number of hydrogen-bond donors (Lipinski definition) is 0. The fourth-order valence-corrected chi connectivity index (χ4v) is 4.63. The monoisotopic (exact) mass is 407 g/mol. The molecule has 1 aromatic carbocycles. The van der Waals surface area contributed by atoms with Crippen molar-refractivity contribution < 1.29 is 9.53 Å². The molecule has 1 amide bonds. The molecule has 138 valence electrons. The van der Waals surface area contributed by atoms with Crippen molar-refractivity contribution in [1.29, 1.82) is 0 Å². The van der Waals surface area contributed by atoms with E-state index in [0.717, 1.165) is 23.9 Å². The molecule has 1 saturated heterocycles. The van der Waals surface area contributed by atoms with E-state index in [-0.39, 0.29) is 12.1 Å². The van der Waals surface area contributed by atoms with Gasteiger partial charge in [-0.2, -0.15) is 0 Å². The summed E-state index contributed by atoms with van der Waals surface area (Å²) in [7, 11) is 0. The van der Waals surface area contributed by atoms with Crippen LogP contribution in [0, 0.1) is 0 Å². The number of halogens is 1. The van der Waals surface area contributed by atoms with Crippen LogP contribution in [0.3, 0.4) is 0 Å². The molecule has 0 aromatic heterocycles. The molecule has 0 N–H and O–H groups in total. The van der Waals surface area contributed by atoms with E-state index in [1.807, 2.05) is 25.7 Å². The standard InChI is InChI=1S/C21H30BrNO2/c1-21(2,3)25-20(24)23-13-7-10-19(23)18-14-16(22)11-12-17(18)15-8-5-4-6-9-15/h11-12,14-15,19H,4-10,13H2,1-3H3/t19-/m0/s1. The lowest BCUT2D eigenvalue weighted by molar-refractivity contribution is 0.0223. The van der Waals surface area contributed by atoms with E-state index < -0.39 is 5.60 Å². The largest absolute Gasteiger partial charge is 0.444 e. The molecule has 3 rings (SSSR count). The Bertz CT molecular complexity index is 617. The quantitative estimate of drug-likeness (QED) is 0.554. The number of rotatable bonds is 2. The van der Waals surface area contributed by atoms with Gasteiger partial charge in [-0.3, -0.25) is 0 Å². The minimum atomic E-state index is -0.451. The van der Waals surface area contributed by atoms with Gasteiger partial charge in [0.05, 0.1) is 6.04 Å². The fourth-order valence-electron chi connectivity index (χ4n) is 4.25. The average Bonchev–Trinajstić information content (AvgIpc) is 3.03. The second-order valence-electron chi connectivity index (χ2n) is 8.44. The van der Waals surface area contributed by atoms with Gasteiger partial charge in [0.2, 0.25) is 0 Å². The number of likely N-dealkylation sites (tertiary alicyclic amines) is 1. The summed E-state index contributed by atoms with van der Waals surface area (Å²) >= 11 is 3.64. The van der Waals surface area contributed by atoms with Gasteiger partial charge in [0, 0.05) is 11.0 Å². The molecule has 0 radical (unpaired) electrons. The summed E-state index contributed by atoms with van der Waals surface area (Å²) in [5, 5.41) is 0. The summed E-state index contributed by atoms with van der Waals surface area (Å²) in [6.45, 7) is 6.59. The first-order chi connectivity index (χ1) is 11.8. The third-order valence-electron chi connectivity index (χ3n) is 5.33. The Hall–Kier alpha value is -1.03. The minimum Gasteiger partial charge on any atom is -0.444 e. The zero-order chi connectivity index (χ0) is 18.0. The van der Waals surface area contributed by atoms with Crippen LogP contribution in [0.15, 0.2) is 22.7 Å². The molecule has 1 heterocycles.